The number of hydrogen-bond acceptors (Lipinski definition) is 4. The molecule has 7 heteroatoms. The number of aliphatic hydroxyl groups excluding tert-OH is 1. The molecule has 0 fully saturated rings. The molecule has 1 rings (SSSR count). The quantitative estimate of drug-likeness (QED) is 0.680. The van der Waals surface area contributed by atoms with Crippen molar-refractivity contribution in [3.8, 4) is 0 Å². The Morgan fingerprint density at radius 1 is 1.42 bits per heavy atom. The lowest BCUT2D eigenvalue weighted by Gasteiger charge is -2.14. The molecule has 0 aliphatic rings. The van der Waals surface area contributed by atoms with Gasteiger partial charge in [0.05, 0.1) is 17.9 Å². The van der Waals surface area contributed by atoms with E-state index in [1.165, 1.54) is 18.2 Å². The molecule has 19 heavy (non-hydrogen) atoms. The van der Waals surface area contributed by atoms with Gasteiger partial charge < -0.3 is 10.2 Å². The molecule has 0 aromatic heterocycles. The highest BCUT2D eigenvalue weighted by molar-refractivity contribution is 7.88. The maximum absolute atomic E-state index is 11.8. The summed E-state index contributed by atoms with van der Waals surface area (Å²) < 4.78 is 26.0. The Labute approximate surface area is 112 Å². The number of carboxylic acids is 1. The summed E-state index contributed by atoms with van der Waals surface area (Å²) in [4.78, 5) is 10.8. The second-order valence-corrected chi connectivity index (χ2v) is 5.92. The Bertz CT molecular complexity index is 537. The zero-order valence-electron chi connectivity index (χ0n) is 10.5. The summed E-state index contributed by atoms with van der Waals surface area (Å²) in [6, 6.07) is 5.24. The molecule has 0 aliphatic carbocycles. The number of benzene rings is 1. The van der Waals surface area contributed by atoms with E-state index in [4.69, 9.17) is 10.2 Å². The monoisotopic (exact) mass is 287 g/mol. The van der Waals surface area contributed by atoms with Crippen molar-refractivity contribution in [2.24, 2.45) is 0 Å². The van der Waals surface area contributed by atoms with Crippen LogP contribution >= 0.6 is 0 Å². The fourth-order valence-electron chi connectivity index (χ4n) is 1.56. The van der Waals surface area contributed by atoms with Gasteiger partial charge >= 0.3 is 5.97 Å². The summed E-state index contributed by atoms with van der Waals surface area (Å²) in [6.45, 7) is 1.49. The van der Waals surface area contributed by atoms with Gasteiger partial charge in [-0.3, -0.25) is 0 Å². The molecule has 106 valence electrons. The van der Waals surface area contributed by atoms with E-state index in [1.807, 2.05) is 0 Å². The van der Waals surface area contributed by atoms with E-state index < -0.39 is 22.0 Å². The molecular weight excluding hydrogens is 270 g/mol. The highest BCUT2D eigenvalue weighted by Crippen LogP contribution is 2.09. The molecule has 3 N–H and O–H groups in total. The van der Waals surface area contributed by atoms with Crippen LogP contribution in [0, 0.1) is 0 Å². The molecule has 1 atom stereocenters. The minimum absolute atomic E-state index is 0.0434. The summed E-state index contributed by atoms with van der Waals surface area (Å²) in [6.07, 6.45) is 0.477. The van der Waals surface area contributed by atoms with Gasteiger partial charge in [-0.2, -0.15) is 0 Å². The standard InChI is InChI=1S/C12H17NO5S/c1-2-11(7-14)13-19(17,18)8-9-4-3-5-10(6-9)12(15)16/h3-6,11,13-14H,2,7-8H2,1H3,(H,15,16)/t11-/m0/s1. The van der Waals surface area contributed by atoms with Crippen molar-refractivity contribution in [1.29, 1.82) is 0 Å². The third-order valence-corrected chi connectivity index (χ3v) is 4.00. The van der Waals surface area contributed by atoms with E-state index in [1.54, 1.807) is 13.0 Å². The van der Waals surface area contributed by atoms with Crippen LogP contribution in [0.2, 0.25) is 0 Å². The van der Waals surface area contributed by atoms with Gasteiger partial charge in [-0.1, -0.05) is 19.1 Å². The van der Waals surface area contributed by atoms with Gasteiger partial charge in [0.1, 0.15) is 0 Å². The Balaban J connectivity index is 2.83. The minimum Gasteiger partial charge on any atom is -0.478 e. The first-order valence-electron chi connectivity index (χ1n) is 5.81. The summed E-state index contributed by atoms with van der Waals surface area (Å²) in [7, 11) is -3.60. The maximum atomic E-state index is 11.8. The molecule has 0 bridgehead atoms. The predicted molar refractivity (Wildman–Crippen MR) is 70.3 cm³/mol. The Morgan fingerprint density at radius 3 is 2.63 bits per heavy atom. The topological polar surface area (TPSA) is 104 Å². The number of sulfonamides is 1. The van der Waals surface area contributed by atoms with Crippen molar-refractivity contribution in [3.63, 3.8) is 0 Å². The minimum atomic E-state index is -3.60. The first-order chi connectivity index (χ1) is 8.88. The number of aromatic carboxylic acids is 1. The van der Waals surface area contributed by atoms with Gasteiger partial charge in [0.2, 0.25) is 10.0 Å². The smallest absolute Gasteiger partial charge is 0.335 e. The molecule has 0 unspecified atom stereocenters. The summed E-state index contributed by atoms with van der Waals surface area (Å²) in [5.41, 5.74) is 0.432. The van der Waals surface area contributed by atoms with Gasteiger partial charge in [0, 0.05) is 6.04 Å². The Hall–Kier alpha value is -1.44. The van der Waals surface area contributed by atoms with E-state index >= 15 is 0 Å². The zero-order valence-corrected chi connectivity index (χ0v) is 11.4. The van der Waals surface area contributed by atoms with Crippen LogP contribution in [0.4, 0.5) is 0 Å². The van der Waals surface area contributed by atoms with Crippen molar-refractivity contribution < 1.29 is 23.4 Å². The molecule has 0 amide bonds. The fraction of sp³-hybridized carbons (Fsp3) is 0.417. The Kier molecular flexibility index (Phi) is 5.46. The zero-order chi connectivity index (χ0) is 14.5. The van der Waals surface area contributed by atoms with E-state index in [9.17, 15) is 13.2 Å². The number of aliphatic hydroxyl groups is 1. The molecule has 0 radical (unpaired) electrons. The second-order valence-electron chi connectivity index (χ2n) is 4.17. The number of nitrogens with one attached hydrogen (secondary N) is 1. The van der Waals surface area contributed by atoms with Crippen LogP contribution in [0.5, 0.6) is 0 Å². The third kappa shape index (κ3) is 4.98. The van der Waals surface area contributed by atoms with Gasteiger partial charge in [0.25, 0.3) is 0 Å². The van der Waals surface area contributed by atoms with Gasteiger partial charge in [-0.15, -0.1) is 0 Å². The SMILES string of the molecule is CC[C@@H](CO)NS(=O)(=O)Cc1cccc(C(=O)O)c1. The molecule has 6 nitrogen and oxygen atoms in total. The lowest BCUT2D eigenvalue weighted by Crippen LogP contribution is -2.37. The number of carbonyl (C=O) groups is 1. The fourth-order valence-corrected chi connectivity index (χ4v) is 3.01. The molecule has 1 aromatic rings. The highest BCUT2D eigenvalue weighted by atomic mass is 32.2. The van der Waals surface area contributed by atoms with Crippen LogP contribution < -0.4 is 4.72 Å². The van der Waals surface area contributed by atoms with Gasteiger partial charge in [-0.05, 0) is 24.1 Å². The second kappa shape index (κ2) is 6.65. The van der Waals surface area contributed by atoms with Crippen LogP contribution in [0.1, 0.15) is 29.3 Å². The van der Waals surface area contributed by atoms with Crippen molar-refractivity contribution in [2.75, 3.05) is 6.61 Å². The molecule has 0 spiro atoms. The molecule has 0 saturated heterocycles. The third-order valence-electron chi connectivity index (χ3n) is 2.59. The largest absolute Gasteiger partial charge is 0.478 e. The van der Waals surface area contributed by atoms with Gasteiger partial charge in [0.15, 0.2) is 0 Å². The normalized spacial score (nSPS) is 13.2. The number of rotatable bonds is 7. The van der Waals surface area contributed by atoms with Crippen LogP contribution in [0.3, 0.4) is 0 Å². The van der Waals surface area contributed by atoms with Crippen LogP contribution in [-0.4, -0.2) is 37.2 Å². The van der Waals surface area contributed by atoms with E-state index in [-0.39, 0.29) is 17.9 Å². The van der Waals surface area contributed by atoms with Crippen LogP contribution in [-0.2, 0) is 15.8 Å². The number of carboxylic acid groups (broad SMARTS) is 1. The molecular formula is C12H17NO5S. The molecule has 1 aromatic carbocycles. The first-order valence-corrected chi connectivity index (χ1v) is 7.46. The van der Waals surface area contributed by atoms with Crippen molar-refractivity contribution in [1.82, 2.24) is 4.72 Å². The lowest BCUT2D eigenvalue weighted by molar-refractivity contribution is 0.0696. The van der Waals surface area contributed by atoms with Crippen molar-refractivity contribution in [3.05, 3.63) is 35.4 Å². The molecule has 0 heterocycles. The average Bonchev–Trinajstić information content (AvgIpc) is 2.35. The van der Waals surface area contributed by atoms with Crippen molar-refractivity contribution >= 4 is 16.0 Å². The first kappa shape index (κ1) is 15.6. The highest BCUT2D eigenvalue weighted by Gasteiger charge is 2.17. The summed E-state index contributed by atoms with van der Waals surface area (Å²) in [5, 5.41) is 17.8. The van der Waals surface area contributed by atoms with E-state index in [0.717, 1.165) is 0 Å². The predicted octanol–water partition coefficient (Wildman–Crippen LogP) is 0.575. The maximum Gasteiger partial charge on any atom is 0.335 e. The lowest BCUT2D eigenvalue weighted by atomic mass is 10.1. The Morgan fingerprint density at radius 2 is 2.11 bits per heavy atom. The molecule has 0 saturated carbocycles. The van der Waals surface area contributed by atoms with Gasteiger partial charge in [-0.25, -0.2) is 17.9 Å². The summed E-state index contributed by atoms with van der Waals surface area (Å²) in [5.74, 6) is -1.42. The van der Waals surface area contributed by atoms with Crippen molar-refractivity contribution in [2.45, 2.75) is 25.1 Å². The summed E-state index contributed by atoms with van der Waals surface area (Å²) >= 11 is 0. The average molecular weight is 287 g/mol. The van der Waals surface area contributed by atoms with Crippen LogP contribution in [0.25, 0.3) is 0 Å². The number of hydrogen-bond donors (Lipinski definition) is 3. The van der Waals surface area contributed by atoms with E-state index in [2.05, 4.69) is 4.72 Å². The van der Waals surface area contributed by atoms with Crippen LogP contribution in [0.15, 0.2) is 24.3 Å². The van der Waals surface area contributed by atoms with E-state index in [0.29, 0.717) is 12.0 Å². The molecule has 0 aliphatic heterocycles.